The summed E-state index contributed by atoms with van der Waals surface area (Å²) in [5, 5.41) is 3.57. The Kier molecular flexibility index (Phi) is 2.86. The third-order valence-electron chi connectivity index (χ3n) is 1.37. The van der Waals surface area contributed by atoms with Gasteiger partial charge in [-0.15, -0.1) is 0 Å². The van der Waals surface area contributed by atoms with Gasteiger partial charge in [-0.2, -0.15) is 5.10 Å². The number of urea groups is 1. The van der Waals surface area contributed by atoms with Crippen LogP contribution in [0.5, 0.6) is 0 Å². The Hall–Kier alpha value is -2.04. The molecular weight excluding hydrogens is 168 g/mol. The molecule has 1 rings (SSSR count). The number of nitrogens with zero attached hydrogens (tertiary/aromatic N) is 1. The molecule has 2 amide bonds. The molecule has 1 aromatic rings. The number of nitrogens with two attached hydrogens (primary N) is 2. The molecule has 0 bridgehead atoms. The maximum Gasteiger partial charge on any atom is 0.332 e. The standard InChI is InChI=1S/C8H10N4O/c9-7-4-2-1-3-6(7)5-11-12-8(10)13/h1-5H,9H2,(H3,10,12,13)/b11-5+. The smallest absolute Gasteiger partial charge is 0.332 e. The highest BCUT2D eigenvalue weighted by Gasteiger charge is 1.92. The van der Waals surface area contributed by atoms with E-state index in [9.17, 15) is 4.79 Å². The number of primary amides is 1. The molecule has 0 aliphatic heterocycles. The van der Waals surface area contributed by atoms with Crippen molar-refractivity contribution in [3.05, 3.63) is 29.8 Å². The van der Waals surface area contributed by atoms with Gasteiger partial charge >= 0.3 is 6.03 Å². The van der Waals surface area contributed by atoms with E-state index >= 15 is 0 Å². The van der Waals surface area contributed by atoms with Gasteiger partial charge in [0.15, 0.2) is 0 Å². The van der Waals surface area contributed by atoms with Gasteiger partial charge in [0.05, 0.1) is 6.21 Å². The number of amides is 2. The van der Waals surface area contributed by atoms with Crippen LogP contribution in [-0.4, -0.2) is 12.2 Å². The van der Waals surface area contributed by atoms with Crippen molar-refractivity contribution < 1.29 is 4.79 Å². The van der Waals surface area contributed by atoms with Crippen molar-refractivity contribution in [3.8, 4) is 0 Å². The van der Waals surface area contributed by atoms with Crippen molar-refractivity contribution in [3.63, 3.8) is 0 Å². The van der Waals surface area contributed by atoms with Crippen molar-refractivity contribution >= 4 is 17.9 Å². The molecule has 5 heteroatoms. The number of nitrogens with one attached hydrogen (secondary N) is 1. The average molecular weight is 178 g/mol. The van der Waals surface area contributed by atoms with Gasteiger partial charge < -0.3 is 11.5 Å². The first-order valence-corrected chi connectivity index (χ1v) is 3.63. The van der Waals surface area contributed by atoms with Crippen molar-refractivity contribution in [2.24, 2.45) is 10.8 Å². The van der Waals surface area contributed by atoms with Gasteiger partial charge in [-0.1, -0.05) is 18.2 Å². The summed E-state index contributed by atoms with van der Waals surface area (Å²) in [5.41, 5.74) is 13.8. The summed E-state index contributed by atoms with van der Waals surface area (Å²) < 4.78 is 0. The van der Waals surface area contributed by atoms with E-state index in [1.165, 1.54) is 6.21 Å². The molecule has 0 aromatic heterocycles. The summed E-state index contributed by atoms with van der Waals surface area (Å²) in [6.45, 7) is 0. The number of nitrogen functional groups attached to an aromatic ring is 1. The molecule has 1 aromatic carbocycles. The zero-order valence-electron chi connectivity index (χ0n) is 6.90. The second-order valence-corrected chi connectivity index (χ2v) is 2.36. The van der Waals surface area contributed by atoms with Crippen molar-refractivity contribution in [2.75, 3.05) is 5.73 Å². The monoisotopic (exact) mass is 178 g/mol. The molecule has 5 nitrogen and oxygen atoms in total. The number of anilines is 1. The van der Waals surface area contributed by atoms with Crippen LogP contribution in [0.15, 0.2) is 29.4 Å². The summed E-state index contributed by atoms with van der Waals surface area (Å²) in [6.07, 6.45) is 1.43. The number of carbonyl (C=O) groups is 1. The minimum Gasteiger partial charge on any atom is -0.398 e. The van der Waals surface area contributed by atoms with Crippen LogP contribution in [0.4, 0.5) is 10.5 Å². The molecule has 68 valence electrons. The van der Waals surface area contributed by atoms with E-state index in [1.807, 2.05) is 12.1 Å². The highest BCUT2D eigenvalue weighted by atomic mass is 16.2. The summed E-state index contributed by atoms with van der Waals surface area (Å²) in [7, 11) is 0. The molecule has 0 atom stereocenters. The molecule has 0 aliphatic rings. The number of rotatable bonds is 2. The van der Waals surface area contributed by atoms with Crippen molar-refractivity contribution in [1.82, 2.24) is 5.43 Å². The Balaban J connectivity index is 2.68. The highest BCUT2D eigenvalue weighted by molar-refractivity contribution is 5.87. The summed E-state index contributed by atoms with van der Waals surface area (Å²) in [5.74, 6) is 0. The zero-order valence-corrected chi connectivity index (χ0v) is 6.90. The minimum absolute atomic E-state index is 0.595. The minimum atomic E-state index is -0.703. The quantitative estimate of drug-likeness (QED) is 0.344. The largest absolute Gasteiger partial charge is 0.398 e. The first-order valence-electron chi connectivity index (χ1n) is 3.63. The lowest BCUT2D eigenvalue weighted by molar-refractivity contribution is 0.249. The maximum atomic E-state index is 10.2. The van der Waals surface area contributed by atoms with Crippen LogP contribution < -0.4 is 16.9 Å². The van der Waals surface area contributed by atoms with Gasteiger partial charge in [0.25, 0.3) is 0 Å². The van der Waals surface area contributed by atoms with E-state index in [0.29, 0.717) is 5.69 Å². The van der Waals surface area contributed by atoms with E-state index in [0.717, 1.165) is 5.56 Å². The van der Waals surface area contributed by atoms with Crippen LogP contribution in [-0.2, 0) is 0 Å². The predicted octanol–water partition coefficient (Wildman–Crippen LogP) is 0.271. The third kappa shape index (κ3) is 2.82. The predicted molar refractivity (Wildman–Crippen MR) is 51.2 cm³/mol. The van der Waals surface area contributed by atoms with E-state index in [2.05, 4.69) is 10.5 Å². The van der Waals surface area contributed by atoms with E-state index in [4.69, 9.17) is 11.5 Å². The summed E-state index contributed by atoms with van der Waals surface area (Å²) in [6, 6.07) is 6.45. The lowest BCUT2D eigenvalue weighted by atomic mass is 10.2. The van der Waals surface area contributed by atoms with Gasteiger partial charge in [0, 0.05) is 11.3 Å². The number of carbonyl (C=O) groups excluding carboxylic acids is 1. The third-order valence-corrected chi connectivity index (χ3v) is 1.37. The van der Waals surface area contributed by atoms with Crippen LogP contribution in [0.2, 0.25) is 0 Å². The number of hydrogen-bond acceptors (Lipinski definition) is 3. The Morgan fingerprint density at radius 1 is 1.46 bits per heavy atom. The van der Waals surface area contributed by atoms with Crippen LogP contribution in [0, 0.1) is 0 Å². The van der Waals surface area contributed by atoms with E-state index in [-0.39, 0.29) is 0 Å². The van der Waals surface area contributed by atoms with Crippen molar-refractivity contribution in [1.29, 1.82) is 0 Å². The topological polar surface area (TPSA) is 93.5 Å². The molecule has 0 radical (unpaired) electrons. The number of benzene rings is 1. The van der Waals surface area contributed by atoms with Gasteiger partial charge in [0.2, 0.25) is 0 Å². The normalized spacial score (nSPS) is 10.2. The zero-order chi connectivity index (χ0) is 9.68. The molecule has 5 N–H and O–H groups in total. The fourth-order valence-electron chi connectivity index (χ4n) is 0.794. The van der Waals surface area contributed by atoms with Crippen LogP contribution in [0.3, 0.4) is 0 Å². The Labute approximate surface area is 75.4 Å². The van der Waals surface area contributed by atoms with E-state index in [1.54, 1.807) is 12.1 Å². The molecule has 13 heavy (non-hydrogen) atoms. The first-order chi connectivity index (χ1) is 6.20. The molecular formula is C8H10N4O. The van der Waals surface area contributed by atoms with Crippen LogP contribution in [0.25, 0.3) is 0 Å². The maximum absolute atomic E-state index is 10.2. The van der Waals surface area contributed by atoms with Crippen molar-refractivity contribution in [2.45, 2.75) is 0 Å². The number of hydrogen-bond donors (Lipinski definition) is 3. The molecule has 0 unspecified atom stereocenters. The first kappa shape index (κ1) is 9.05. The molecule has 0 spiro atoms. The fraction of sp³-hybridized carbons (Fsp3) is 0. The Morgan fingerprint density at radius 2 is 2.15 bits per heavy atom. The Morgan fingerprint density at radius 3 is 2.77 bits per heavy atom. The fourth-order valence-corrected chi connectivity index (χ4v) is 0.794. The average Bonchev–Trinajstić information content (AvgIpc) is 2.08. The lowest BCUT2D eigenvalue weighted by Gasteiger charge is -1.97. The van der Waals surface area contributed by atoms with Gasteiger partial charge in [0.1, 0.15) is 0 Å². The molecule has 0 fully saturated rings. The van der Waals surface area contributed by atoms with Crippen LogP contribution >= 0.6 is 0 Å². The van der Waals surface area contributed by atoms with Gasteiger partial charge in [-0.3, -0.25) is 0 Å². The summed E-state index contributed by atoms with van der Waals surface area (Å²) >= 11 is 0. The summed E-state index contributed by atoms with van der Waals surface area (Å²) in [4.78, 5) is 10.2. The SMILES string of the molecule is NC(=O)N/N=C/c1ccccc1N. The Bertz CT molecular complexity index is 335. The molecule has 0 saturated carbocycles. The molecule has 0 saturated heterocycles. The lowest BCUT2D eigenvalue weighted by Crippen LogP contribution is -2.24. The van der Waals surface area contributed by atoms with Crippen LogP contribution in [0.1, 0.15) is 5.56 Å². The van der Waals surface area contributed by atoms with E-state index < -0.39 is 6.03 Å². The molecule has 0 heterocycles. The molecule has 0 aliphatic carbocycles. The second-order valence-electron chi connectivity index (χ2n) is 2.36. The van der Waals surface area contributed by atoms with Gasteiger partial charge in [-0.25, -0.2) is 10.2 Å². The van der Waals surface area contributed by atoms with Gasteiger partial charge in [-0.05, 0) is 6.07 Å². The second kappa shape index (κ2) is 4.10. The number of para-hydroxylation sites is 1. The highest BCUT2D eigenvalue weighted by Crippen LogP contribution is 2.06. The number of hydrazone groups is 1.